The predicted molar refractivity (Wildman–Crippen MR) is 76.8 cm³/mol. The van der Waals surface area contributed by atoms with Gasteiger partial charge < -0.3 is 10.1 Å². The van der Waals surface area contributed by atoms with Crippen molar-refractivity contribution in [2.45, 2.75) is 26.8 Å². The summed E-state index contributed by atoms with van der Waals surface area (Å²) in [4.78, 5) is 23.9. The first-order chi connectivity index (χ1) is 9.16. The molecule has 0 aliphatic heterocycles. The Morgan fingerprint density at radius 3 is 2.45 bits per heavy atom. The molecule has 0 fully saturated rings. The lowest BCUT2D eigenvalue weighted by atomic mass is 9.86. The van der Waals surface area contributed by atoms with E-state index in [4.69, 9.17) is 0 Å². The van der Waals surface area contributed by atoms with E-state index < -0.39 is 29.2 Å². The average molecular weight is 346 g/mol. The van der Waals surface area contributed by atoms with Crippen molar-refractivity contribution in [2.24, 2.45) is 5.41 Å². The van der Waals surface area contributed by atoms with E-state index >= 15 is 0 Å². The third kappa shape index (κ3) is 4.03. The van der Waals surface area contributed by atoms with E-state index in [0.29, 0.717) is 4.47 Å². The van der Waals surface area contributed by atoms with Crippen molar-refractivity contribution in [1.29, 1.82) is 0 Å². The number of nitrogens with one attached hydrogen (secondary N) is 1. The fourth-order valence-corrected chi connectivity index (χ4v) is 1.99. The number of halogens is 2. The third-order valence-corrected chi connectivity index (χ3v) is 3.24. The van der Waals surface area contributed by atoms with Crippen LogP contribution in [0, 0.1) is 11.2 Å². The lowest BCUT2D eigenvalue weighted by Gasteiger charge is -2.29. The van der Waals surface area contributed by atoms with Gasteiger partial charge in [-0.1, -0.05) is 36.7 Å². The lowest BCUT2D eigenvalue weighted by molar-refractivity contribution is -0.145. The number of rotatable bonds is 3. The molecular formula is C14H17BrFNO3. The van der Waals surface area contributed by atoms with Crippen LogP contribution in [-0.2, 0) is 9.53 Å². The Morgan fingerprint density at radius 1 is 1.35 bits per heavy atom. The first kappa shape index (κ1) is 16.6. The summed E-state index contributed by atoms with van der Waals surface area (Å²) in [5.74, 6) is -1.88. The van der Waals surface area contributed by atoms with Gasteiger partial charge in [-0.15, -0.1) is 0 Å². The molecule has 1 rings (SSSR count). The zero-order valence-electron chi connectivity index (χ0n) is 11.8. The van der Waals surface area contributed by atoms with Crippen LogP contribution in [0.5, 0.6) is 0 Å². The molecule has 20 heavy (non-hydrogen) atoms. The molecule has 1 atom stereocenters. The van der Waals surface area contributed by atoms with Crippen molar-refractivity contribution in [2.75, 3.05) is 7.11 Å². The monoisotopic (exact) mass is 345 g/mol. The Hall–Kier alpha value is -1.43. The number of carbonyl (C=O) groups excluding carboxylic acids is 2. The highest BCUT2D eigenvalue weighted by Crippen LogP contribution is 2.22. The van der Waals surface area contributed by atoms with Crippen LogP contribution in [-0.4, -0.2) is 25.0 Å². The summed E-state index contributed by atoms with van der Waals surface area (Å²) >= 11 is 3.17. The molecule has 1 amide bonds. The number of hydrogen-bond acceptors (Lipinski definition) is 3. The second kappa shape index (κ2) is 6.35. The van der Waals surface area contributed by atoms with E-state index in [1.54, 1.807) is 20.8 Å². The van der Waals surface area contributed by atoms with Gasteiger partial charge in [0.15, 0.2) is 0 Å². The van der Waals surface area contributed by atoms with Crippen LogP contribution in [0.3, 0.4) is 0 Å². The van der Waals surface area contributed by atoms with Crippen LogP contribution in [0.4, 0.5) is 4.39 Å². The molecule has 1 aromatic rings. The van der Waals surface area contributed by atoms with E-state index in [0.717, 1.165) is 0 Å². The van der Waals surface area contributed by atoms with Crippen molar-refractivity contribution in [3.63, 3.8) is 0 Å². The normalized spacial score (nSPS) is 12.7. The number of carbonyl (C=O) groups is 2. The summed E-state index contributed by atoms with van der Waals surface area (Å²) in [7, 11) is 1.24. The van der Waals surface area contributed by atoms with Crippen molar-refractivity contribution in [3.05, 3.63) is 34.1 Å². The summed E-state index contributed by atoms with van der Waals surface area (Å²) < 4.78 is 18.9. The van der Waals surface area contributed by atoms with Crippen molar-refractivity contribution in [3.8, 4) is 0 Å². The van der Waals surface area contributed by atoms with Crippen LogP contribution in [0.1, 0.15) is 31.1 Å². The van der Waals surface area contributed by atoms with E-state index in [1.165, 1.54) is 25.3 Å². The molecule has 1 N–H and O–H groups in total. The predicted octanol–water partition coefficient (Wildman–Crippen LogP) is 2.91. The summed E-state index contributed by atoms with van der Waals surface area (Å²) in [5.41, 5.74) is -0.678. The van der Waals surface area contributed by atoms with Crippen LogP contribution in [0.15, 0.2) is 22.7 Å². The number of hydrogen-bond donors (Lipinski definition) is 1. The Balaban J connectivity index is 3.02. The number of benzene rings is 1. The van der Waals surface area contributed by atoms with Gasteiger partial charge in [0.1, 0.15) is 11.9 Å². The Kier molecular flexibility index (Phi) is 5.28. The van der Waals surface area contributed by atoms with E-state index in [9.17, 15) is 14.0 Å². The third-order valence-electron chi connectivity index (χ3n) is 2.75. The fourth-order valence-electron chi connectivity index (χ4n) is 1.63. The molecule has 0 aliphatic carbocycles. The maximum Gasteiger partial charge on any atom is 0.328 e. The molecule has 4 nitrogen and oxygen atoms in total. The molecule has 0 bridgehead atoms. The molecule has 1 aromatic carbocycles. The van der Waals surface area contributed by atoms with Gasteiger partial charge in [-0.3, -0.25) is 4.79 Å². The van der Waals surface area contributed by atoms with E-state index in [1.807, 2.05) is 0 Å². The van der Waals surface area contributed by atoms with Crippen LogP contribution < -0.4 is 5.32 Å². The van der Waals surface area contributed by atoms with Crippen LogP contribution in [0.2, 0.25) is 0 Å². The Morgan fingerprint density at radius 2 is 1.95 bits per heavy atom. The van der Waals surface area contributed by atoms with Crippen molar-refractivity contribution >= 4 is 27.8 Å². The maximum atomic E-state index is 13.7. The highest BCUT2D eigenvalue weighted by atomic mass is 79.9. The van der Waals surface area contributed by atoms with Gasteiger partial charge in [0, 0.05) is 4.47 Å². The Labute approximate surface area is 125 Å². The first-order valence-electron chi connectivity index (χ1n) is 6.00. The second-order valence-corrected chi connectivity index (χ2v) is 6.34. The van der Waals surface area contributed by atoms with Gasteiger partial charge in [0.25, 0.3) is 5.91 Å². The lowest BCUT2D eigenvalue weighted by Crippen LogP contribution is -2.49. The summed E-state index contributed by atoms with van der Waals surface area (Å²) in [6.07, 6.45) is 0. The topological polar surface area (TPSA) is 55.4 Å². The Bertz CT molecular complexity index is 526. The molecule has 0 aliphatic rings. The first-order valence-corrected chi connectivity index (χ1v) is 6.80. The van der Waals surface area contributed by atoms with E-state index in [-0.39, 0.29) is 5.56 Å². The maximum absolute atomic E-state index is 13.7. The quantitative estimate of drug-likeness (QED) is 0.857. The summed E-state index contributed by atoms with van der Waals surface area (Å²) in [6.45, 7) is 5.35. The molecule has 0 unspecified atom stereocenters. The molecule has 110 valence electrons. The minimum absolute atomic E-state index is 0.127. The molecule has 0 aromatic heterocycles. The number of amides is 1. The van der Waals surface area contributed by atoms with Gasteiger partial charge in [-0.25, -0.2) is 9.18 Å². The van der Waals surface area contributed by atoms with Crippen LogP contribution >= 0.6 is 15.9 Å². The fraction of sp³-hybridized carbons (Fsp3) is 0.429. The highest BCUT2D eigenvalue weighted by Gasteiger charge is 2.34. The number of esters is 1. The van der Waals surface area contributed by atoms with Crippen molar-refractivity contribution < 1.29 is 18.7 Å². The highest BCUT2D eigenvalue weighted by molar-refractivity contribution is 9.10. The second-order valence-electron chi connectivity index (χ2n) is 5.42. The van der Waals surface area contributed by atoms with Crippen LogP contribution in [0.25, 0.3) is 0 Å². The van der Waals surface area contributed by atoms with Gasteiger partial charge >= 0.3 is 5.97 Å². The zero-order valence-corrected chi connectivity index (χ0v) is 13.4. The summed E-state index contributed by atoms with van der Waals surface area (Å²) in [5, 5.41) is 2.52. The van der Waals surface area contributed by atoms with Crippen molar-refractivity contribution in [1.82, 2.24) is 5.32 Å². The minimum Gasteiger partial charge on any atom is -0.467 e. The molecule has 6 heteroatoms. The zero-order chi connectivity index (χ0) is 15.5. The average Bonchev–Trinajstić information content (AvgIpc) is 2.36. The number of ether oxygens (including phenoxy) is 1. The molecular weight excluding hydrogens is 329 g/mol. The molecule has 0 radical (unpaired) electrons. The van der Waals surface area contributed by atoms with E-state index in [2.05, 4.69) is 26.0 Å². The van der Waals surface area contributed by atoms with Gasteiger partial charge in [0.2, 0.25) is 0 Å². The number of methoxy groups -OCH3 is 1. The SMILES string of the molecule is COC(=O)[C@@H](NC(=O)c1cc(Br)ccc1F)C(C)(C)C. The summed E-state index contributed by atoms with van der Waals surface area (Å²) in [6, 6.07) is 3.18. The van der Waals surface area contributed by atoms with Gasteiger partial charge in [0.05, 0.1) is 12.7 Å². The smallest absolute Gasteiger partial charge is 0.328 e. The van der Waals surface area contributed by atoms with Gasteiger partial charge in [-0.2, -0.15) is 0 Å². The molecule has 0 heterocycles. The standard InChI is InChI=1S/C14H17BrFNO3/c1-14(2,3)11(13(19)20-4)17-12(18)9-7-8(15)5-6-10(9)16/h5-7,11H,1-4H3,(H,17,18)/t11-/m1/s1. The largest absolute Gasteiger partial charge is 0.467 e. The molecule has 0 saturated heterocycles. The molecule has 0 spiro atoms. The van der Waals surface area contributed by atoms with Gasteiger partial charge in [-0.05, 0) is 23.6 Å². The minimum atomic E-state index is -0.863. The molecule has 0 saturated carbocycles.